The first kappa shape index (κ1) is 12.8. The third-order valence-electron chi connectivity index (χ3n) is 2.18. The van der Waals surface area contributed by atoms with Crippen LogP contribution in [0.3, 0.4) is 0 Å². The summed E-state index contributed by atoms with van der Waals surface area (Å²) in [5.41, 5.74) is 4.27. The number of halogens is 2. The van der Waals surface area contributed by atoms with Gasteiger partial charge in [-0.15, -0.1) is 11.6 Å². The minimum atomic E-state index is -0.345. The van der Waals surface area contributed by atoms with Gasteiger partial charge in [-0.05, 0) is 23.7 Å². The molecule has 1 atom stereocenters. The van der Waals surface area contributed by atoms with E-state index in [-0.39, 0.29) is 5.38 Å². The van der Waals surface area contributed by atoms with Gasteiger partial charge in [0.05, 0.1) is 5.69 Å². The number of hydrogen-bond acceptors (Lipinski definition) is 2. The van der Waals surface area contributed by atoms with Crippen LogP contribution in [0.2, 0.25) is 0 Å². The second-order valence-electron chi connectivity index (χ2n) is 3.46. The summed E-state index contributed by atoms with van der Waals surface area (Å²) in [6, 6.07) is 9.57. The van der Waals surface area contributed by atoms with E-state index in [0.717, 1.165) is 5.69 Å². The van der Waals surface area contributed by atoms with Gasteiger partial charge in [-0.25, -0.2) is 9.98 Å². The Labute approximate surface area is 115 Å². The van der Waals surface area contributed by atoms with Crippen LogP contribution in [0.25, 0.3) is 0 Å². The van der Waals surface area contributed by atoms with Crippen LogP contribution in [-0.2, 0) is 0 Å². The van der Waals surface area contributed by atoms with E-state index in [2.05, 4.69) is 20.5 Å². The summed E-state index contributed by atoms with van der Waals surface area (Å²) in [7, 11) is 0. The van der Waals surface area contributed by atoms with Gasteiger partial charge in [-0.1, -0.05) is 18.2 Å². The second-order valence-corrected chi connectivity index (χ2v) is 4.30. The van der Waals surface area contributed by atoms with Gasteiger partial charge in [0.2, 0.25) is 0 Å². The smallest absolute Gasteiger partial charge is 0.277 e. The normalized spacial score (nSPS) is 21.3. The molecule has 0 radical (unpaired) electrons. The zero-order valence-electron chi connectivity index (χ0n) is 9.35. The first-order valence-electron chi connectivity index (χ1n) is 5.28. The first-order valence-corrected chi connectivity index (χ1v) is 6.09. The molecule has 18 heavy (non-hydrogen) atoms. The zero-order chi connectivity index (χ0) is 12.8. The van der Waals surface area contributed by atoms with E-state index in [0.29, 0.717) is 10.9 Å². The van der Waals surface area contributed by atoms with E-state index >= 15 is 0 Å². The lowest BCUT2D eigenvalue weighted by Gasteiger charge is -2.04. The Morgan fingerprint density at radius 1 is 1.28 bits per heavy atom. The SMILES string of the molecule is ClC1=[NH+]C=CC(Cl)C1=NC=NNc1ccccc1. The average molecular weight is 282 g/mol. The topological polar surface area (TPSA) is 50.7 Å². The summed E-state index contributed by atoms with van der Waals surface area (Å²) >= 11 is 12.0. The zero-order valence-corrected chi connectivity index (χ0v) is 10.9. The Bertz CT molecular complexity index is 520. The molecular formula is C12H11Cl2N4+. The van der Waals surface area contributed by atoms with Gasteiger partial charge >= 0.3 is 0 Å². The quantitative estimate of drug-likeness (QED) is 0.374. The number of nitrogens with zero attached hydrogens (tertiary/aromatic N) is 2. The number of para-hydroxylation sites is 1. The molecule has 0 aliphatic carbocycles. The lowest BCUT2D eigenvalue weighted by molar-refractivity contribution is -0.368. The van der Waals surface area contributed by atoms with Crippen molar-refractivity contribution in [2.45, 2.75) is 5.38 Å². The molecule has 92 valence electrons. The van der Waals surface area contributed by atoms with Crippen LogP contribution >= 0.6 is 23.2 Å². The van der Waals surface area contributed by atoms with Crippen molar-refractivity contribution in [3.63, 3.8) is 0 Å². The van der Waals surface area contributed by atoms with Crippen molar-refractivity contribution >= 4 is 46.1 Å². The van der Waals surface area contributed by atoms with Crippen molar-refractivity contribution in [3.05, 3.63) is 42.6 Å². The van der Waals surface area contributed by atoms with Gasteiger partial charge in [0.25, 0.3) is 5.17 Å². The maximum Gasteiger partial charge on any atom is 0.296 e. The molecule has 4 nitrogen and oxygen atoms in total. The molecule has 0 saturated heterocycles. The van der Waals surface area contributed by atoms with E-state index < -0.39 is 0 Å². The number of benzene rings is 1. The van der Waals surface area contributed by atoms with Gasteiger partial charge in [0, 0.05) is 6.08 Å². The lowest BCUT2D eigenvalue weighted by atomic mass is 10.2. The Kier molecular flexibility index (Phi) is 4.50. The fraction of sp³-hybridized carbons (Fsp3) is 0.0833. The number of anilines is 1. The summed E-state index contributed by atoms with van der Waals surface area (Å²) in [6.45, 7) is 0. The molecule has 2 rings (SSSR count). The predicted molar refractivity (Wildman–Crippen MR) is 76.6 cm³/mol. The number of rotatable bonds is 3. The highest BCUT2D eigenvalue weighted by molar-refractivity contribution is 6.84. The van der Waals surface area contributed by atoms with Crippen molar-refractivity contribution in [1.29, 1.82) is 0 Å². The number of aliphatic imine (C=N–C) groups is 1. The van der Waals surface area contributed by atoms with Crippen molar-refractivity contribution in [2.24, 2.45) is 10.1 Å². The van der Waals surface area contributed by atoms with E-state index in [1.807, 2.05) is 30.3 Å². The van der Waals surface area contributed by atoms with Crippen LogP contribution in [0, 0.1) is 0 Å². The monoisotopic (exact) mass is 281 g/mol. The summed E-state index contributed by atoms with van der Waals surface area (Å²) in [6.07, 6.45) is 4.81. The molecule has 1 unspecified atom stereocenters. The van der Waals surface area contributed by atoms with E-state index in [1.165, 1.54) is 6.34 Å². The highest BCUT2D eigenvalue weighted by Gasteiger charge is 2.22. The van der Waals surface area contributed by atoms with Crippen molar-refractivity contribution < 1.29 is 4.99 Å². The Hall–Kier alpha value is -1.65. The van der Waals surface area contributed by atoms with Crippen LogP contribution in [-0.4, -0.2) is 22.6 Å². The summed E-state index contributed by atoms with van der Waals surface area (Å²) in [5.74, 6) is 0. The number of hydrogen-bond donors (Lipinski definition) is 2. The highest BCUT2D eigenvalue weighted by atomic mass is 35.5. The molecule has 6 heteroatoms. The Balaban J connectivity index is 1.98. The maximum absolute atomic E-state index is 6.03. The molecule has 1 aromatic rings. The molecule has 0 spiro atoms. The third-order valence-corrected chi connectivity index (χ3v) is 2.84. The largest absolute Gasteiger partial charge is 0.296 e. The van der Waals surface area contributed by atoms with Crippen LogP contribution in [0.1, 0.15) is 0 Å². The molecule has 0 bridgehead atoms. The molecule has 0 aromatic heterocycles. The van der Waals surface area contributed by atoms with Crippen LogP contribution in [0.4, 0.5) is 5.69 Å². The Morgan fingerprint density at radius 2 is 2.06 bits per heavy atom. The molecule has 0 fully saturated rings. The molecular weight excluding hydrogens is 271 g/mol. The van der Waals surface area contributed by atoms with E-state index in [9.17, 15) is 0 Å². The molecule has 1 aliphatic rings. The molecule has 1 aliphatic heterocycles. The van der Waals surface area contributed by atoms with Crippen molar-refractivity contribution in [2.75, 3.05) is 5.43 Å². The van der Waals surface area contributed by atoms with Crippen molar-refractivity contribution in [1.82, 2.24) is 0 Å². The summed E-state index contributed by atoms with van der Waals surface area (Å²) in [4.78, 5) is 6.93. The summed E-state index contributed by atoms with van der Waals surface area (Å²) in [5, 5.41) is 4.02. The summed E-state index contributed by atoms with van der Waals surface area (Å²) < 4.78 is 0. The molecule has 1 heterocycles. The minimum Gasteiger partial charge on any atom is -0.277 e. The van der Waals surface area contributed by atoms with Gasteiger partial charge in [0.1, 0.15) is 17.4 Å². The fourth-order valence-corrected chi connectivity index (χ4v) is 1.85. The van der Waals surface area contributed by atoms with Gasteiger partial charge in [-0.2, -0.15) is 5.10 Å². The van der Waals surface area contributed by atoms with Crippen LogP contribution in [0.5, 0.6) is 0 Å². The van der Waals surface area contributed by atoms with Crippen LogP contribution < -0.4 is 10.4 Å². The molecule has 2 N–H and O–H groups in total. The highest BCUT2D eigenvalue weighted by Crippen LogP contribution is 2.06. The average Bonchev–Trinajstić information content (AvgIpc) is 2.38. The maximum atomic E-state index is 6.03. The molecule has 1 aromatic carbocycles. The van der Waals surface area contributed by atoms with Gasteiger partial charge < -0.3 is 0 Å². The van der Waals surface area contributed by atoms with Gasteiger partial charge in [0.15, 0.2) is 6.20 Å². The Morgan fingerprint density at radius 3 is 2.78 bits per heavy atom. The number of allylic oxidation sites excluding steroid dienone is 1. The minimum absolute atomic E-state index is 0.345. The number of hydrazone groups is 1. The number of alkyl halides is 1. The molecule has 0 amide bonds. The molecule has 0 saturated carbocycles. The lowest BCUT2D eigenvalue weighted by Crippen LogP contribution is -2.69. The third kappa shape index (κ3) is 3.42. The van der Waals surface area contributed by atoms with E-state index in [4.69, 9.17) is 23.2 Å². The van der Waals surface area contributed by atoms with Crippen LogP contribution in [0.15, 0.2) is 52.7 Å². The first-order chi connectivity index (χ1) is 8.77. The standard InChI is InChI=1S/C12H10Cl2N4/c13-10-6-7-15-12(14)11(10)16-8-17-18-9-4-2-1-3-5-9/h1-8,10,18H/p+1. The van der Waals surface area contributed by atoms with Gasteiger partial charge in [-0.3, -0.25) is 5.43 Å². The van der Waals surface area contributed by atoms with E-state index in [1.54, 1.807) is 12.3 Å². The fourth-order valence-electron chi connectivity index (χ4n) is 1.33. The second kappa shape index (κ2) is 6.33. The predicted octanol–water partition coefficient (Wildman–Crippen LogP) is 1.34. The number of nitrogens with one attached hydrogen (secondary N) is 2. The van der Waals surface area contributed by atoms with Crippen molar-refractivity contribution in [3.8, 4) is 0 Å².